The summed E-state index contributed by atoms with van der Waals surface area (Å²) in [4.78, 5) is 38.5. The van der Waals surface area contributed by atoms with Crippen LogP contribution in [0.1, 0.15) is 19.8 Å². The fourth-order valence-electron chi connectivity index (χ4n) is 2.68. The molecule has 1 aromatic carbocycles. The van der Waals surface area contributed by atoms with Gasteiger partial charge in [0.15, 0.2) is 0 Å². The Kier molecular flexibility index (Phi) is 5.76. The van der Waals surface area contributed by atoms with Crippen molar-refractivity contribution in [2.24, 2.45) is 5.92 Å². The molecule has 7 heteroatoms. The molecule has 23 heavy (non-hydrogen) atoms. The number of halogens is 1. The fourth-order valence-corrected chi connectivity index (χ4v) is 3.07. The summed E-state index contributed by atoms with van der Waals surface area (Å²) >= 11 is 3.37. The van der Waals surface area contributed by atoms with Crippen molar-refractivity contribution in [3.05, 3.63) is 28.7 Å². The topological polar surface area (TPSA) is 77.9 Å². The van der Waals surface area contributed by atoms with E-state index in [9.17, 15) is 14.4 Å². The van der Waals surface area contributed by atoms with Crippen molar-refractivity contribution in [3.63, 3.8) is 0 Å². The first-order chi connectivity index (χ1) is 10.9. The number of aliphatic carboxylic acids is 1. The monoisotopic (exact) mass is 382 g/mol. The summed E-state index contributed by atoms with van der Waals surface area (Å²) in [5.74, 6) is -1.60. The Hall–Kier alpha value is -1.89. The van der Waals surface area contributed by atoms with Gasteiger partial charge in [0, 0.05) is 36.2 Å². The van der Waals surface area contributed by atoms with E-state index in [-0.39, 0.29) is 31.2 Å². The molecule has 0 bridgehead atoms. The number of hydrogen-bond donors (Lipinski definition) is 1. The minimum Gasteiger partial charge on any atom is -0.481 e. The molecule has 0 aliphatic carbocycles. The molecule has 1 saturated heterocycles. The molecule has 1 N–H and O–H groups in total. The van der Waals surface area contributed by atoms with Crippen molar-refractivity contribution in [1.29, 1.82) is 0 Å². The number of anilines is 1. The maximum absolute atomic E-state index is 12.5. The fraction of sp³-hybridized carbons (Fsp3) is 0.438. The number of carbonyl (C=O) groups is 3. The Morgan fingerprint density at radius 2 is 2.17 bits per heavy atom. The molecular formula is C16H19BrN2O4. The molecular weight excluding hydrogens is 364 g/mol. The average molecular weight is 383 g/mol. The van der Waals surface area contributed by atoms with Gasteiger partial charge in [-0.1, -0.05) is 22.0 Å². The first-order valence-corrected chi connectivity index (χ1v) is 8.28. The van der Waals surface area contributed by atoms with E-state index in [1.165, 1.54) is 4.90 Å². The maximum Gasteiger partial charge on any atom is 0.305 e. The lowest BCUT2D eigenvalue weighted by Crippen LogP contribution is -2.38. The average Bonchev–Trinajstić information content (AvgIpc) is 2.89. The molecule has 2 rings (SSSR count). The van der Waals surface area contributed by atoms with Crippen LogP contribution in [0.2, 0.25) is 0 Å². The number of hydrogen-bond acceptors (Lipinski definition) is 3. The molecule has 0 spiro atoms. The normalized spacial score (nSPS) is 17.4. The summed E-state index contributed by atoms with van der Waals surface area (Å²) in [6.07, 6.45) is 0.0739. The van der Waals surface area contributed by atoms with Crippen LogP contribution in [0.25, 0.3) is 0 Å². The summed E-state index contributed by atoms with van der Waals surface area (Å²) < 4.78 is 0.870. The number of amides is 2. The predicted octanol–water partition coefficient (Wildman–Crippen LogP) is 2.13. The molecule has 1 unspecified atom stereocenters. The van der Waals surface area contributed by atoms with E-state index in [0.29, 0.717) is 13.1 Å². The van der Waals surface area contributed by atoms with Gasteiger partial charge in [-0.3, -0.25) is 14.4 Å². The third kappa shape index (κ3) is 4.31. The summed E-state index contributed by atoms with van der Waals surface area (Å²) in [6, 6.07) is 7.38. The highest BCUT2D eigenvalue weighted by Crippen LogP contribution is 2.28. The van der Waals surface area contributed by atoms with Crippen molar-refractivity contribution in [1.82, 2.24) is 4.90 Å². The highest BCUT2D eigenvalue weighted by atomic mass is 79.9. The molecule has 124 valence electrons. The minimum atomic E-state index is -0.936. The van der Waals surface area contributed by atoms with Gasteiger partial charge in [-0.25, -0.2) is 0 Å². The zero-order valence-corrected chi connectivity index (χ0v) is 14.5. The SMILES string of the molecule is CCN(CCC(=O)O)C(=O)C1CC(=O)N(c2cccc(Br)c2)C1. The van der Waals surface area contributed by atoms with Crippen LogP contribution in [0, 0.1) is 5.92 Å². The van der Waals surface area contributed by atoms with Crippen molar-refractivity contribution < 1.29 is 19.5 Å². The Bertz CT molecular complexity index is 620. The second kappa shape index (κ2) is 7.59. The van der Waals surface area contributed by atoms with Crippen molar-refractivity contribution in [2.75, 3.05) is 24.5 Å². The molecule has 1 fully saturated rings. The number of rotatable bonds is 6. The predicted molar refractivity (Wildman–Crippen MR) is 89.1 cm³/mol. The van der Waals surface area contributed by atoms with Gasteiger partial charge < -0.3 is 14.9 Å². The van der Waals surface area contributed by atoms with E-state index >= 15 is 0 Å². The standard InChI is InChI=1S/C16H19BrN2O4/c1-2-18(7-6-15(21)22)16(23)11-8-14(20)19(10-11)13-5-3-4-12(17)9-13/h3-5,9,11H,2,6-8,10H2,1H3,(H,21,22). The van der Waals surface area contributed by atoms with Crippen LogP contribution in [0.15, 0.2) is 28.7 Å². The maximum atomic E-state index is 12.5. The van der Waals surface area contributed by atoms with E-state index in [1.807, 2.05) is 31.2 Å². The summed E-state index contributed by atoms with van der Waals surface area (Å²) in [7, 11) is 0. The highest BCUT2D eigenvalue weighted by Gasteiger charge is 2.36. The van der Waals surface area contributed by atoms with Crippen molar-refractivity contribution >= 4 is 39.4 Å². The van der Waals surface area contributed by atoms with E-state index in [1.54, 1.807) is 4.90 Å². The van der Waals surface area contributed by atoms with Gasteiger partial charge in [0.1, 0.15) is 0 Å². The number of nitrogens with zero attached hydrogens (tertiary/aromatic N) is 2. The van der Waals surface area contributed by atoms with Gasteiger partial charge in [-0.2, -0.15) is 0 Å². The van der Waals surface area contributed by atoms with Gasteiger partial charge in [0.2, 0.25) is 11.8 Å². The molecule has 6 nitrogen and oxygen atoms in total. The van der Waals surface area contributed by atoms with Crippen molar-refractivity contribution in [2.45, 2.75) is 19.8 Å². The van der Waals surface area contributed by atoms with Crippen LogP contribution in [-0.2, 0) is 14.4 Å². The molecule has 1 aromatic rings. The van der Waals surface area contributed by atoms with E-state index < -0.39 is 11.9 Å². The third-order valence-corrected chi connectivity index (χ3v) is 4.38. The van der Waals surface area contributed by atoms with Gasteiger partial charge in [-0.05, 0) is 25.1 Å². The van der Waals surface area contributed by atoms with Crippen LogP contribution in [-0.4, -0.2) is 47.4 Å². The number of carboxylic acids is 1. The molecule has 1 heterocycles. The van der Waals surface area contributed by atoms with E-state index in [2.05, 4.69) is 15.9 Å². The minimum absolute atomic E-state index is 0.0873. The van der Waals surface area contributed by atoms with E-state index in [4.69, 9.17) is 5.11 Å². The Labute approximate surface area is 143 Å². The van der Waals surface area contributed by atoms with Gasteiger partial charge in [0.05, 0.1) is 12.3 Å². The van der Waals surface area contributed by atoms with Crippen LogP contribution in [0.3, 0.4) is 0 Å². The van der Waals surface area contributed by atoms with Crippen LogP contribution >= 0.6 is 15.9 Å². The summed E-state index contributed by atoms with van der Waals surface area (Å²) in [5, 5.41) is 8.76. The molecule has 1 aliphatic rings. The molecule has 0 radical (unpaired) electrons. The first-order valence-electron chi connectivity index (χ1n) is 7.49. The summed E-state index contributed by atoms with van der Waals surface area (Å²) in [6.45, 7) is 2.75. The molecule has 0 saturated carbocycles. The smallest absolute Gasteiger partial charge is 0.305 e. The Morgan fingerprint density at radius 3 is 2.78 bits per heavy atom. The van der Waals surface area contributed by atoms with Crippen LogP contribution < -0.4 is 4.90 Å². The largest absolute Gasteiger partial charge is 0.481 e. The second-order valence-corrected chi connectivity index (χ2v) is 6.36. The first kappa shape index (κ1) is 17.5. The lowest BCUT2D eigenvalue weighted by molar-refractivity contribution is -0.139. The quantitative estimate of drug-likeness (QED) is 0.817. The Morgan fingerprint density at radius 1 is 1.43 bits per heavy atom. The summed E-state index contributed by atoms with van der Waals surface area (Å²) in [5.41, 5.74) is 0.758. The Balaban J connectivity index is 2.06. The number of carbonyl (C=O) groups excluding carboxylic acids is 2. The molecule has 2 amide bonds. The van der Waals surface area contributed by atoms with Gasteiger partial charge in [0.25, 0.3) is 0 Å². The molecule has 1 atom stereocenters. The number of carboxylic acid groups (broad SMARTS) is 1. The number of benzene rings is 1. The zero-order valence-electron chi connectivity index (χ0n) is 12.9. The second-order valence-electron chi connectivity index (χ2n) is 5.45. The zero-order chi connectivity index (χ0) is 17.0. The van der Waals surface area contributed by atoms with Crippen molar-refractivity contribution in [3.8, 4) is 0 Å². The van der Waals surface area contributed by atoms with Gasteiger partial charge in [-0.15, -0.1) is 0 Å². The molecule has 0 aromatic heterocycles. The van der Waals surface area contributed by atoms with Gasteiger partial charge >= 0.3 is 5.97 Å². The molecule has 1 aliphatic heterocycles. The third-order valence-electron chi connectivity index (χ3n) is 3.88. The lowest BCUT2D eigenvalue weighted by atomic mass is 10.1. The van der Waals surface area contributed by atoms with Crippen LogP contribution in [0.5, 0.6) is 0 Å². The lowest BCUT2D eigenvalue weighted by Gasteiger charge is -2.23. The van der Waals surface area contributed by atoms with Crippen LogP contribution in [0.4, 0.5) is 5.69 Å². The highest BCUT2D eigenvalue weighted by molar-refractivity contribution is 9.10. The van der Waals surface area contributed by atoms with E-state index in [0.717, 1.165) is 10.2 Å².